The fourth-order valence-electron chi connectivity index (χ4n) is 0. The first-order valence-corrected chi connectivity index (χ1v) is 0. The van der Waals surface area contributed by atoms with E-state index >= 15 is 0 Å². The molecule has 40 valence electrons. The van der Waals surface area contributed by atoms with Gasteiger partial charge in [0.25, 0.3) is 0 Å². The van der Waals surface area contributed by atoms with Crippen molar-refractivity contribution < 1.29 is 56.0 Å². The zero-order chi connectivity index (χ0) is 0. The van der Waals surface area contributed by atoms with Crippen molar-refractivity contribution >= 4 is 0 Å². The molecule has 0 saturated heterocycles. The van der Waals surface area contributed by atoms with E-state index in [9.17, 15) is 0 Å². The van der Waals surface area contributed by atoms with Crippen molar-refractivity contribution in [2.24, 2.45) is 0 Å². The van der Waals surface area contributed by atoms with Crippen molar-refractivity contribution in [3.63, 3.8) is 0 Å². The summed E-state index contributed by atoms with van der Waals surface area (Å²) in [6, 6.07) is 0. The summed E-state index contributed by atoms with van der Waals surface area (Å²) in [5.41, 5.74) is 0. The Morgan fingerprint density at radius 3 is 0.500 bits per heavy atom. The molecule has 0 amide bonds. The Hall–Kier alpha value is 0.879. The van der Waals surface area contributed by atoms with Crippen LogP contribution in [0.3, 0.4) is 0 Å². The van der Waals surface area contributed by atoms with E-state index in [0.29, 0.717) is 0 Å². The predicted molar refractivity (Wildman–Crippen MR) is 2.75 cm³/mol. The van der Waals surface area contributed by atoms with Gasteiger partial charge >= 0.3 is 34.1 Å². The monoisotopic (exact) mass is 176 g/mol. The van der Waals surface area contributed by atoms with Gasteiger partial charge in [0, 0.05) is 5.48 Å². The molecule has 6 heavy (non-hydrogen) atoms. The van der Waals surface area contributed by atoms with Crippen LogP contribution in [-0.4, -0.2) is 0 Å². The molecule has 0 saturated carbocycles. The summed E-state index contributed by atoms with van der Waals surface area (Å²) >= 11 is 0. The molecule has 0 aliphatic carbocycles. The summed E-state index contributed by atoms with van der Waals surface area (Å²) in [6.07, 6.45) is 0. The molecular weight excluding hydrogens is 176 g/mol. The maximum Gasteiger partial charge on any atom is 3.00 e. The summed E-state index contributed by atoms with van der Waals surface area (Å²) in [4.78, 5) is 0. The van der Waals surface area contributed by atoms with Crippen LogP contribution in [0.5, 0.6) is 0 Å². The second-order valence-corrected chi connectivity index (χ2v) is 0. The summed E-state index contributed by atoms with van der Waals surface area (Å²) in [7, 11) is 0. The molecular formula is Fe2O4. The van der Waals surface area contributed by atoms with Gasteiger partial charge < -0.3 is 16.4 Å². The van der Waals surface area contributed by atoms with Gasteiger partial charge in [-0.05, 0) is 0 Å². The summed E-state index contributed by atoms with van der Waals surface area (Å²) in [6.45, 7) is 0. The van der Waals surface area contributed by atoms with E-state index in [2.05, 4.69) is 0 Å². The van der Waals surface area contributed by atoms with Gasteiger partial charge in [-0.2, -0.15) is 0 Å². The van der Waals surface area contributed by atoms with Gasteiger partial charge in [-0.3, -0.25) is 0 Å². The van der Waals surface area contributed by atoms with Gasteiger partial charge in [0.15, 0.2) is 0 Å². The Morgan fingerprint density at radius 2 is 0.500 bits per heavy atom. The average Bonchev–Trinajstić information content (AvgIpc) is 0. The summed E-state index contributed by atoms with van der Waals surface area (Å²) in [5, 5.41) is 0. The average molecular weight is 176 g/mol. The van der Waals surface area contributed by atoms with Crippen molar-refractivity contribution in [1.29, 1.82) is 0 Å². The molecule has 4 radical (unpaired) electrons. The molecule has 0 aliphatic heterocycles. The van der Waals surface area contributed by atoms with Crippen LogP contribution in [0.25, 0.3) is 0 Å². The normalized spacial score (nSPS) is 0. The van der Waals surface area contributed by atoms with Gasteiger partial charge in [0.2, 0.25) is 0 Å². The van der Waals surface area contributed by atoms with Crippen molar-refractivity contribution in [2.75, 3.05) is 0 Å². The van der Waals surface area contributed by atoms with Crippen LogP contribution in [0.4, 0.5) is 0 Å². The molecule has 0 aromatic heterocycles. The molecule has 0 rings (SSSR count). The molecule has 4 nitrogen and oxygen atoms in total. The summed E-state index contributed by atoms with van der Waals surface area (Å²) < 4.78 is 0. The maximum absolute atomic E-state index is 0. The first-order valence-electron chi connectivity index (χ1n) is 0. The molecule has 0 unspecified atom stereocenters. The Kier molecular flexibility index (Phi) is 9290. The van der Waals surface area contributed by atoms with E-state index in [1.807, 2.05) is 0 Å². The second-order valence-electron chi connectivity index (χ2n) is 0. The zero-order valence-corrected chi connectivity index (χ0v) is 4.55. The predicted octanol–water partition coefficient (Wildman–Crippen LogP) is -0.480. The van der Waals surface area contributed by atoms with Crippen LogP contribution in [0.15, 0.2) is 0 Å². The third kappa shape index (κ3) is 95.0. The standard InChI is InChI=1S/2Fe.4O/q2*+3;;3*-2. The molecule has 0 spiro atoms. The molecule has 0 aromatic carbocycles. The summed E-state index contributed by atoms with van der Waals surface area (Å²) in [5.74, 6) is 0. The van der Waals surface area contributed by atoms with Gasteiger partial charge in [-0.15, -0.1) is 0 Å². The minimum Gasteiger partial charge on any atom is -2.00 e. The second kappa shape index (κ2) is 181. The van der Waals surface area contributed by atoms with Gasteiger partial charge in [0.05, 0.1) is 0 Å². The quantitative estimate of drug-likeness (QED) is 0.443. The van der Waals surface area contributed by atoms with Crippen LogP contribution >= 0.6 is 0 Å². The van der Waals surface area contributed by atoms with E-state index < -0.39 is 0 Å². The van der Waals surface area contributed by atoms with Gasteiger partial charge in [0.1, 0.15) is 0 Å². The molecule has 0 heterocycles. The smallest absolute Gasteiger partial charge is 2.00 e. The first-order chi connectivity index (χ1) is 0. The number of rotatable bonds is 0. The van der Waals surface area contributed by atoms with Crippen molar-refractivity contribution in [3.8, 4) is 0 Å². The van der Waals surface area contributed by atoms with Crippen LogP contribution in [0, 0.1) is 0 Å². The van der Waals surface area contributed by atoms with E-state index in [0.717, 1.165) is 0 Å². The van der Waals surface area contributed by atoms with Crippen LogP contribution in [0.2, 0.25) is 0 Å². The number of hydrogen-bond donors (Lipinski definition) is 0. The minimum atomic E-state index is 0. The van der Waals surface area contributed by atoms with E-state index in [4.69, 9.17) is 0 Å². The van der Waals surface area contributed by atoms with Crippen molar-refractivity contribution in [1.82, 2.24) is 0 Å². The number of hydrogen-bond acceptors (Lipinski definition) is 0. The Balaban J connectivity index is 0. The molecule has 0 atom stereocenters. The van der Waals surface area contributed by atoms with Crippen molar-refractivity contribution in [2.45, 2.75) is 0 Å². The zero-order valence-electron chi connectivity index (χ0n) is 2.34. The molecule has 0 N–H and O–H groups in total. The Bertz CT molecular complexity index is 5.51. The Morgan fingerprint density at radius 1 is 0.500 bits per heavy atom. The van der Waals surface area contributed by atoms with Gasteiger partial charge in [-0.25, -0.2) is 0 Å². The third-order valence-electron chi connectivity index (χ3n) is 0. The molecule has 0 aliphatic rings. The van der Waals surface area contributed by atoms with Crippen LogP contribution < -0.4 is 0 Å². The van der Waals surface area contributed by atoms with E-state index in [1.54, 1.807) is 0 Å². The topological polar surface area (TPSA) is 114 Å². The van der Waals surface area contributed by atoms with Crippen molar-refractivity contribution in [3.05, 3.63) is 0 Å². The van der Waals surface area contributed by atoms with Crippen LogP contribution in [0.1, 0.15) is 0 Å². The fourth-order valence-corrected chi connectivity index (χ4v) is 0. The Labute approximate surface area is 56.5 Å². The van der Waals surface area contributed by atoms with Gasteiger partial charge in [-0.1, -0.05) is 0 Å². The fraction of sp³-hybridized carbons (Fsp3) is 0. The maximum atomic E-state index is 0. The van der Waals surface area contributed by atoms with E-state index in [-0.39, 0.29) is 56.0 Å². The van der Waals surface area contributed by atoms with Crippen LogP contribution in [-0.2, 0) is 56.0 Å². The SMILES string of the molecule is [Fe+3].[Fe+3].[O-2].[O-2].[O-2].[O]. The minimum absolute atomic E-state index is 0. The molecule has 0 bridgehead atoms. The molecule has 0 fully saturated rings. The first kappa shape index (κ1) is 308. The largest absolute Gasteiger partial charge is 3.00 e. The molecule has 6 heteroatoms. The third-order valence-corrected chi connectivity index (χ3v) is 0. The van der Waals surface area contributed by atoms with E-state index in [1.165, 1.54) is 0 Å². The molecule has 0 aromatic rings.